The van der Waals surface area contributed by atoms with Gasteiger partial charge in [0.25, 0.3) is 5.56 Å². The molecule has 0 spiro atoms. The summed E-state index contributed by atoms with van der Waals surface area (Å²) >= 11 is 0. The van der Waals surface area contributed by atoms with Crippen LogP contribution in [0.25, 0.3) is 16.7 Å². The number of aryl methyl sites for hydroxylation is 1. The van der Waals surface area contributed by atoms with Gasteiger partial charge in [-0.1, -0.05) is 57.2 Å². The van der Waals surface area contributed by atoms with Crippen molar-refractivity contribution in [2.24, 2.45) is 0 Å². The normalized spacial score (nSPS) is 11.1. The molecule has 30 heavy (non-hydrogen) atoms. The molecular weight excluding hydrogens is 378 g/mol. The lowest BCUT2D eigenvalue weighted by atomic mass is 10.1. The van der Waals surface area contributed by atoms with E-state index in [-0.39, 0.29) is 17.9 Å². The fourth-order valence-corrected chi connectivity index (χ4v) is 3.56. The average Bonchev–Trinajstić information content (AvgIpc) is 3.17. The molecule has 7 heteroatoms. The van der Waals surface area contributed by atoms with Crippen LogP contribution in [0.3, 0.4) is 0 Å². The second-order valence-corrected chi connectivity index (χ2v) is 7.61. The third-order valence-corrected chi connectivity index (χ3v) is 5.29. The highest BCUT2D eigenvalue weighted by atomic mass is 16.1. The molecule has 1 aromatic carbocycles. The molecule has 0 radical (unpaired) electrons. The maximum absolute atomic E-state index is 12.9. The molecule has 0 bridgehead atoms. The number of unbranched alkanes of at least 4 members (excludes halogenated alkanes) is 5. The van der Waals surface area contributed by atoms with E-state index in [2.05, 4.69) is 22.3 Å². The van der Waals surface area contributed by atoms with Crippen molar-refractivity contribution in [1.29, 1.82) is 0 Å². The lowest BCUT2D eigenvalue weighted by molar-refractivity contribution is -0.121. The number of hydrogen-bond acceptors (Lipinski definition) is 4. The van der Waals surface area contributed by atoms with Crippen LogP contribution in [-0.2, 0) is 11.3 Å². The van der Waals surface area contributed by atoms with Crippen LogP contribution >= 0.6 is 0 Å². The summed E-state index contributed by atoms with van der Waals surface area (Å²) in [4.78, 5) is 29.7. The Bertz CT molecular complexity index is 1020. The molecule has 1 N–H and O–H groups in total. The molecule has 0 aliphatic heterocycles. The maximum atomic E-state index is 12.9. The Hall–Kier alpha value is -2.96. The average molecular weight is 410 g/mol. The predicted molar refractivity (Wildman–Crippen MR) is 119 cm³/mol. The van der Waals surface area contributed by atoms with Gasteiger partial charge in [-0.25, -0.2) is 9.67 Å². The van der Waals surface area contributed by atoms with Crippen LogP contribution in [0, 0.1) is 6.92 Å². The highest BCUT2D eigenvalue weighted by Gasteiger charge is 2.14. The summed E-state index contributed by atoms with van der Waals surface area (Å²) in [7, 11) is 0. The largest absolute Gasteiger partial charge is 0.356 e. The van der Waals surface area contributed by atoms with E-state index >= 15 is 0 Å². The first-order chi connectivity index (χ1) is 14.6. The predicted octanol–water partition coefficient (Wildman–Crippen LogP) is 3.76. The highest BCUT2D eigenvalue weighted by Crippen LogP contribution is 2.14. The fraction of sp³-hybridized carbons (Fsp3) is 0.478. The topological polar surface area (TPSA) is 81.8 Å². The maximum Gasteiger partial charge on any atom is 0.264 e. The van der Waals surface area contributed by atoms with Crippen LogP contribution in [-0.4, -0.2) is 31.8 Å². The van der Waals surface area contributed by atoms with Gasteiger partial charge in [0.1, 0.15) is 11.2 Å². The number of rotatable bonds is 11. The first-order valence-corrected chi connectivity index (χ1v) is 10.9. The van der Waals surface area contributed by atoms with Crippen molar-refractivity contribution in [3.63, 3.8) is 0 Å². The van der Waals surface area contributed by atoms with E-state index in [0.29, 0.717) is 29.9 Å². The Morgan fingerprint density at radius 3 is 2.57 bits per heavy atom. The Kier molecular flexibility index (Phi) is 7.76. The number of amides is 1. The van der Waals surface area contributed by atoms with E-state index in [0.717, 1.165) is 18.5 Å². The number of benzene rings is 1. The summed E-state index contributed by atoms with van der Waals surface area (Å²) in [5.41, 5.74) is 1.22. The second-order valence-electron chi connectivity index (χ2n) is 7.61. The quantitative estimate of drug-likeness (QED) is 0.489. The number of carbonyl (C=O) groups excluding carboxylic acids is 1. The van der Waals surface area contributed by atoms with Crippen LogP contribution in [0.15, 0.2) is 41.3 Å². The fourth-order valence-electron chi connectivity index (χ4n) is 3.56. The molecule has 7 nitrogen and oxygen atoms in total. The molecule has 0 aliphatic carbocycles. The van der Waals surface area contributed by atoms with Gasteiger partial charge in [-0.3, -0.25) is 14.2 Å². The van der Waals surface area contributed by atoms with Crippen LogP contribution in [0.5, 0.6) is 0 Å². The number of nitrogens with zero attached hydrogens (tertiary/aromatic N) is 4. The second kappa shape index (κ2) is 10.7. The van der Waals surface area contributed by atoms with Crippen molar-refractivity contribution >= 4 is 16.9 Å². The van der Waals surface area contributed by atoms with Crippen molar-refractivity contribution in [1.82, 2.24) is 24.6 Å². The minimum absolute atomic E-state index is 0.0325. The van der Waals surface area contributed by atoms with Crippen molar-refractivity contribution in [2.45, 2.75) is 65.3 Å². The Morgan fingerprint density at radius 1 is 1.07 bits per heavy atom. The minimum atomic E-state index is -0.164. The lowest BCUT2D eigenvalue weighted by Gasteiger charge is -2.10. The van der Waals surface area contributed by atoms with Gasteiger partial charge in [0, 0.05) is 19.5 Å². The zero-order valence-corrected chi connectivity index (χ0v) is 17.9. The number of para-hydroxylation sites is 1. The number of carbonyl (C=O) groups is 1. The molecule has 0 aliphatic rings. The number of nitrogens with one attached hydrogen (secondary N) is 1. The first-order valence-electron chi connectivity index (χ1n) is 10.9. The van der Waals surface area contributed by atoms with Gasteiger partial charge in [-0.2, -0.15) is 5.10 Å². The summed E-state index contributed by atoms with van der Waals surface area (Å²) in [6, 6.07) is 9.60. The highest BCUT2D eigenvalue weighted by molar-refractivity contribution is 5.76. The van der Waals surface area contributed by atoms with Crippen LogP contribution in [0.1, 0.15) is 57.7 Å². The zero-order valence-electron chi connectivity index (χ0n) is 17.9. The molecule has 0 atom stereocenters. The summed E-state index contributed by atoms with van der Waals surface area (Å²) < 4.78 is 3.23. The standard InChI is InChI=1S/C23H31N5O2/c1-3-4-5-6-7-11-15-24-21(29)14-16-27-18(2)26-22-20(23(27)30)17-25-28(22)19-12-9-8-10-13-19/h8-10,12-13,17H,3-7,11,14-16H2,1-2H3,(H,24,29). The van der Waals surface area contributed by atoms with Crippen LogP contribution < -0.4 is 10.9 Å². The summed E-state index contributed by atoms with van der Waals surface area (Å²) in [5.74, 6) is 0.545. The van der Waals surface area contributed by atoms with Crippen LogP contribution in [0.2, 0.25) is 0 Å². The van der Waals surface area contributed by atoms with Gasteiger partial charge < -0.3 is 5.32 Å². The van der Waals surface area contributed by atoms with Gasteiger partial charge in [-0.05, 0) is 25.5 Å². The van der Waals surface area contributed by atoms with Gasteiger partial charge in [0.15, 0.2) is 5.65 Å². The Labute approximate surface area is 177 Å². The smallest absolute Gasteiger partial charge is 0.264 e. The van der Waals surface area contributed by atoms with Crippen molar-refractivity contribution in [3.05, 3.63) is 52.7 Å². The molecule has 1 amide bonds. The van der Waals surface area contributed by atoms with Gasteiger partial charge in [0.2, 0.25) is 5.91 Å². The van der Waals surface area contributed by atoms with Crippen molar-refractivity contribution in [2.75, 3.05) is 6.54 Å². The van der Waals surface area contributed by atoms with Crippen molar-refractivity contribution < 1.29 is 4.79 Å². The minimum Gasteiger partial charge on any atom is -0.356 e. The van der Waals surface area contributed by atoms with E-state index < -0.39 is 0 Å². The molecule has 0 fully saturated rings. The van der Waals surface area contributed by atoms with E-state index in [1.807, 2.05) is 30.3 Å². The van der Waals surface area contributed by atoms with E-state index in [1.165, 1.54) is 25.7 Å². The molecule has 2 aromatic heterocycles. The first kappa shape index (κ1) is 21.7. The molecule has 2 heterocycles. The number of aromatic nitrogens is 4. The van der Waals surface area contributed by atoms with E-state index in [4.69, 9.17) is 0 Å². The Balaban J connectivity index is 1.59. The lowest BCUT2D eigenvalue weighted by Crippen LogP contribution is -2.29. The van der Waals surface area contributed by atoms with E-state index in [1.54, 1.807) is 22.4 Å². The van der Waals surface area contributed by atoms with Gasteiger partial charge >= 0.3 is 0 Å². The van der Waals surface area contributed by atoms with Crippen molar-refractivity contribution in [3.8, 4) is 5.69 Å². The van der Waals surface area contributed by atoms with Crippen LogP contribution in [0.4, 0.5) is 0 Å². The Morgan fingerprint density at radius 2 is 1.80 bits per heavy atom. The molecule has 3 aromatic rings. The molecule has 0 saturated carbocycles. The monoisotopic (exact) mass is 409 g/mol. The molecule has 3 rings (SSSR count). The third kappa shape index (κ3) is 5.34. The third-order valence-electron chi connectivity index (χ3n) is 5.29. The number of fused-ring (bicyclic) bond motifs is 1. The zero-order chi connectivity index (χ0) is 21.3. The molecule has 160 valence electrons. The molecule has 0 saturated heterocycles. The van der Waals surface area contributed by atoms with Gasteiger partial charge in [-0.15, -0.1) is 0 Å². The van der Waals surface area contributed by atoms with E-state index in [9.17, 15) is 9.59 Å². The summed E-state index contributed by atoms with van der Waals surface area (Å²) in [6.07, 6.45) is 8.96. The van der Waals surface area contributed by atoms with Gasteiger partial charge in [0.05, 0.1) is 11.9 Å². The molecular formula is C23H31N5O2. The number of hydrogen-bond donors (Lipinski definition) is 1. The summed E-state index contributed by atoms with van der Waals surface area (Å²) in [5, 5.41) is 7.75. The molecule has 0 unspecified atom stereocenters. The SMILES string of the molecule is CCCCCCCCNC(=O)CCn1c(C)nc2c(cnn2-c2ccccc2)c1=O. The summed E-state index contributed by atoms with van der Waals surface area (Å²) in [6.45, 7) is 5.00.